The third kappa shape index (κ3) is 14.5. The molecule has 0 saturated heterocycles. The van der Waals surface area contributed by atoms with Crippen LogP contribution >= 0.6 is 0 Å². The number of nitrogens with one attached hydrogen (secondary N) is 3. The Labute approximate surface area is 210 Å². The summed E-state index contributed by atoms with van der Waals surface area (Å²) >= 11 is 0. The lowest BCUT2D eigenvalue weighted by Crippen LogP contribution is -2.57. The molecular formula is C19H33N9O9. The molecule has 0 aromatic carbocycles. The van der Waals surface area contributed by atoms with Crippen molar-refractivity contribution in [2.24, 2.45) is 33.7 Å². The zero-order valence-electron chi connectivity index (χ0n) is 19.8. The number of aliphatic imine (C=N–C) groups is 1. The fourth-order valence-electron chi connectivity index (χ4n) is 2.84. The Morgan fingerprint density at radius 2 is 1.22 bits per heavy atom. The lowest BCUT2D eigenvalue weighted by atomic mass is 10.1. The number of aliphatic carboxylic acids is 2. The van der Waals surface area contributed by atoms with E-state index in [1.807, 2.05) is 5.32 Å². The number of carboxylic acids is 2. The van der Waals surface area contributed by atoms with Crippen molar-refractivity contribution >= 4 is 47.4 Å². The Morgan fingerprint density at radius 3 is 1.68 bits per heavy atom. The summed E-state index contributed by atoms with van der Waals surface area (Å²) in [5.74, 6) is -8.03. The summed E-state index contributed by atoms with van der Waals surface area (Å²) in [7, 11) is 0. The Kier molecular flexibility index (Phi) is 14.3. The summed E-state index contributed by atoms with van der Waals surface area (Å²) in [6.45, 7) is 0.0310. The third-order valence-electron chi connectivity index (χ3n) is 4.64. The smallest absolute Gasteiger partial charge is 0.326 e. The van der Waals surface area contributed by atoms with Gasteiger partial charge in [0.1, 0.15) is 18.1 Å². The Morgan fingerprint density at radius 1 is 0.703 bits per heavy atom. The van der Waals surface area contributed by atoms with Crippen LogP contribution in [0.5, 0.6) is 0 Å². The van der Waals surface area contributed by atoms with Crippen LogP contribution in [0.3, 0.4) is 0 Å². The summed E-state index contributed by atoms with van der Waals surface area (Å²) in [4.78, 5) is 86.1. The van der Waals surface area contributed by atoms with Crippen molar-refractivity contribution in [3.05, 3.63) is 0 Å². The number of carbonyl (C=O) groups is 7. The van der Waals surface area contributed by atoms with Crippen LogP contribution in [-0.2, 0) is 33.6 Å². The van der Waals surface area contributed by atoms with E-state index in [-0.39, 0.29) is 38.2 Å². The number of carboxylic acid groups (broad SMARTS) is 2. The number of amides is 5. The van der Waals surface area contributed by atoms with Crippen LogP contribution in [0.2, 0.25) is 0 Å². The maximum absolute atomic E-state index is 12.9. The standard InChI is InChI=1S/C19H33N9O9/c20-8(6-13(22)30)15(33)26-10(3-4-12(21)29)17(35)27-9(2-1-5-25-19(23)24)16(34)28-11(18(36)37)7-14(31)32/h8-11H,1-7,20H2,(H2,21,29)(H2,22,30)(H,26,33)(H,27,35)(H,28,34)(H,31,32)(H,36,37)(H4,23,24,25). The monoisotopic (exact) mass is 531 g/mol. The van der Waals surface area contributed by atoms with E-state index in [1.54, 1.807) is 0 Å². The van der Waals surface area contributed by atoms with Gasteiger partial charge in [-0.05, 0) is 19.3 Å². The first-order chi connectivity index (χ1) is 17.1. The second kappa shape index (κ2) is 16.2. The molecule has 0 radical (unpaired) electrons. The van der Waals surface area contributed by atoms with Crippen molar-refractivity contribution in [2.45, 2.75) is 62.7 Å². The van der Waals surface area contributed by atoms with Crippen molar-refractivity contribution in [1.29, 1.82) is 0 Å². The van der Waals surface area contributed by atoms with Crippen molar-refractivity contribution in [3.8, 4) is 0 Å². The lowest BCUT2D eigenvalue weighted by molar-refractivity contribution is -0.147. The third-order valence-corrected chi connectivity index (χ3v) is 4.64. The van der Waals surface area contributed by atoms with Crippen LogP contribution < -0.4 is 44.6 Å². The van der Waals surface area contributed by atoms with E-state index in [2.05, 4.69) is 15.6 Å². The molecule has 0 heterocycles. The first-order valence-corrected chi connectivity index (χ1v) is 10.9. The topological polar surface area (TPSA) is 338 Å². The second-order valence-corrected chi connectivity index (χ2v) is 7.85. The number of carbonyl (C=O) groups excluding carboxylic acids is 5. The van der Waals surface area contributed by atoms with Gasteiger partial charge in [0, 0.05) is 13.0 Å². The van der Waals surface area contributed by atoms with Crippen molar-refractivity contribution in [1.82, 2.24) is 16.0 Å². The van der Waals surface area contributed by atoms with E-state index in [4.69, 9.17) is 33.8 Å². The summed E-state index contributed by atoms with van der Waals surface area (Å²) in [6.07, 6.45) is -2.16. The van der Waals surface area contributed by atoms with E-state index in [0.717, 1.165) is 0 Å². The number of primary amides is 2. The molecule has 15 N–H and O–H groups in total. The van der Waals surface area contributed by atoms with Crippen molar-refractivity contribution in [3.63, 3.8) is 0 Å². The molecule has 37 heavy (non-hydrogen) atoms. The first kappa shape index (κ1) is 32.5. The highest BCUT2D eigenvalue weighted by Gasteiger charge is 2.31. The fourth-order valence-corrected chi connectivity index (χ4v) is 2.84. The van der Waals surface area contributed by atoms with Gasteiger partial charge in [0.2, 0.25) is 29.5 Å². The van der Waals surface area contributed by atoms with Crippen LogP contribution in [0, 0.1) is 0 Å². The largest absolute Gasteiger partial charge is 0.481 e. The van der Waals surface area contributed by atoms with Gasteiger partial charge >= 0.3 is 11.9 Å². The van der Waals surface area contributed by atoms with E-state index < -0.39 is 78.5 Å². The average Bonchev–Trinajstić information content (AvgIpc) is 2.76. The zero-order valence-corrected chi connectivity index (χ0v) is 19.8. The summed E-state index contributed by atoms with van der Waals surface area (Å²) in [5.41, 5.74) is 26.1. The number of guanidine groups is 1. The van der Waals surface area contributed by atoms with Gasteiger partial charge in [0.15, 0.2) is 5.96 Å². The molecule has 4 unspecified atom stereocenters. The van der Waals surface area contributed by atoms with Crippen LogP contribution in [0.25, 0.3) is 0 Å². The molecule has 4 atom stereocenters. The number of hydrogen-bond acceptors (Lipinski definition) is 9. The van der Waals surface area contributed by atoms with E-state index >= 15 is 0 Å². The molecule has 18 heteroatoms. The minimum absolute atomic E-state index is 0.0310. The zero-order chi connectivity index (χ0) is 28.7. The minimum Gasteiger partial charge on any atom is -0.481 e. The molecule has 0 aliphatic rings. The summed E-state index contributed by atoms with van der Waals surface area (Å²) in [6, 6.07) is -6.09. The van der Waals surface area contributed by atoms with Gasteiger partial charge in [-0.2, -0.15) is 0 Å². The number of hydrogen-bond donors (Lipinski definition) is 10. The normalized spacial score (nSPS) is 13.6. The average molecular weight is 532 g/mol. The second-order valence-electron chi connectivity index (χ2n) is 7.85. The lowest BCUT2D eigenvalue weighted by Gasteiger charge is -2.24. The Hall–Kier alpha value is -4.48. The van der Waals surface area contributed by atoms with E-state index in [0.29, 0.717) is 0 Å². The van der Waals surface area contributed by atoms with Gasteiger partial charge in [-0.1, -0.05) is 0 Å². The first-order valence-electron chi connectivity index (χ1n) is 10.9. The van der Waals surface area contributed by atoms with E-state index in [9.17, 15) is 38.7 Å². The van der Waals surface area contributed by atoms with Crippen molar-refractivity contribution in [2.75, 3.05) is 6.54 Å². The molecule has 0 aromatic rings. The minimum atomic E-state index is -1.81. The highest BCUT2D eigenvalue weighted by atomic mass is 16.4. The molecular weight excluding hydrogens is 498 g/mol. The maximum atomic E-state index is 12.9. The highest BCUT2D eigenvalue weighted by Crippen LogP contribution is 2.05. The quantitative estimate of drug-likeness (QED) is 0.0449. The van der Waals surface area contributed by atoms with Crippen LogP contribution in [-0.4, -0.2) is 88.4 Å². The molecule has 18 nitrogen and oxygen atoms in total. The van der Waals surface area contributed by atoms with Crippen LogP contribution in [0.1, 0.15) is 38.5 Å². The fraction of sp³-hybridized carbons (Fsp3) is 0.579. The predicted molar refractivity (Wildman–Crippen MR) is 126 cm³/mol. The highest BCUT2D eigenvalue weighted by molar-refractivity contribution is 5.95. The Balaban J connectivity index is 5.74. The summed E-state index contributed by atoms with van der Waals surface area (Å²) in [5, 5.41) is 24.6. The Bertz CT molecular complexity index is 905. The van der Waals surface area contributed by atoms with Crippen LogP contribution in [0.15, 0.2) is 4.99 Å². The van der Waals surface area contributed by atoms with Gasteiger partial charge in [0.05, 0.1) is 18.9 Å². The molecule has 0 aliphatic heterocycles. The molecule has 208 valence electrons. The number of nitrogens with zero attached hydrogens (tertiary/aromatic N) is 1. The molecule has 0 aliphatic carbocycles. The van der Waals surface area contributed by atoms with Crippen LogP contribution in [0.4, 0.5) is 0 Å². The molecule has 0 bridgehead atoms. The van der Waals surface area contributed by atoms with Gasteiger partial charge in [-0.15, -0.1) is 0 Å². The van der Waals surface area contributed by atoms with E-state index in [1.165, 1.54) is 0 Å². The molecule has 5 amide bonds. The van der Waals surface area contributed by atoms with Gasteiger partial charge in [-0.3, -0.25) is 33.8 Å². The molecule has 0 fully saturated rings. The molecule has 0 spiro atoms. The molecule has 0 rings (SSSR count). The van der Waals surface area contributed by atoms with Gasteiger partial charge in [-0.25, -0.2) is 4.79 Å². The number of rotatable bonds is 18. The molecule has 0 aromatic heterocycles. The van der Waals surface area contributed by atoms with Gasteiger partial charge < -0.3 is 54.8 Å². The van der Waals surface area contributed by atoms with Crippen molar-refractivity contribution < 1.29 is 43.8 Å². The molecule has 0 saturated carbocycles. The van der Waals surface area contributed by atoms with Gasteiger partial charge in [0.25, 0.3) is 0 Å². The summed E-state index contributed by atoms with van der Waals surface area (Å²) < 4.78 is 0. The SMILES string of the molecule is NC(=O)CCC(NC(=O)C(N)CC(N)=O)C(=O)NC(CCCN=C(N)N)C(=O)NC(CC(=O)O)C(=O)O. The predicted octanol–water partition coefficient (Wildman–Crippen LogP) is -5.48. The number of nitrogens with two attached hydrogens (primary N) is 5. The maximum Gasteiger partial charge on any atom is 0.326 e.